The summed E-state index contributed by atoms with van der Waals surface area (Å²) in [7, 11) is 0. The van der Waals surface area contributed by atoms with Gasteiger partial charge in [0.05, 0.1) is 11.7 Å². The summed E-state index contributed by atoms with van der Waals surface area (Å²) in [6, 6.07) is 21.2. The lowest BCUT2D eigenvalue weighted by Crippen LogP contribution is -2.32. The van der Waals surface area contributed by atoms with Gasteiger partial charge in [0.25, 0.3) is 0 Å². The predicted molar refractivity (Wildman–Crippen MR) is 139 cm³/mol. The molecule has 4 N–H and O–H groups in total. The van der Waals surface area contributed by atoms with Gasteiger partial charge >= 0.3 is 11.9 Å². The van der Waals surface area contributed by atoms with Crippen molar-refractivity contribution in [2.75, 3.05) is 6.54 Å². The lowest BCUT2D eigenvalue weighted by Gasteiger charge is -2.18. The number of aliphatic hydroxyl groups excluding tert-OH is 1. The third-order valence-electron chi connectivity index (χ3n) is 6.13. The second kappa shape index (κ2) is 11.0. The van der Waals surface area contributed by atoms with E-state index in [1.807, 2.05) is 31.2 Å². The normalized spacial score (nSPS) is 13.0. The van der Waals surface area contributed by atoms with Gasteiger partial charge in [0, 0.05) is 35.1 Å². The van der Waals surface area contributed by atoms with Gasteiger partial charge in [-0.25, -0.2) is 9.59 Å². The Morgan fingerprint density at radius 2 is 1.72 bits per heavy atom. The average Bonchev–Trinajstić information content (AvgIpc) is 3.20. The first-order valence-corrected chi connectivity index (χ1v) is 11.9. The highest BCUT2D eigenvalue weighted by Gasteiger charge is 2.17. The Kier molecular flexibility index (Phi) is 7.74. The highest BCUT2D eigenvalue weighted by molar-refractivity contribution is 6.30. The number of aromatic nitrogens is 1. The van der Waals surface area contributed by atoms with Gasteiger partial charge in [-0.3, -0.25) is 0 Å². The number of aromatic carboxylic acids is 2. The molecular formula is C28H27ClN2O5. The molecule has 4 rings (SSSR count). The molecule has 3 aromatic carbocycles. The fourth-order valence-electron chi connectivity index (χ4n) is 4.35. The van der Waals surface area contributed by atoms with Crippen LogP contribution < -0.4 is 5.32 Å². The number of carboxylic acids is 2. The third kappa shape index (κ3) is 5.94. The SMILES string of the molecule is C[C@H](Cc1ccc2c(c1)cc(C(=O)O)n2Cc1cccc(C(=O)O)c1)NC[C@@H](O)c1cccc(Cl)c1. The molecule has 0 aliphatic heterocycles. The monoisotopic (exact) mass is 506 g/mol. The number of nitrogens with zero attached hydrogens (tertiary/aromatic N) is 1. The second-order valence-electron chi connectivity index (χ2n) is 8.90. The van der Waals surface area contributed by atoms with Crippen LogP contribution in [-0.2, 0) is 13.0 Å². The molecule has 0 amide bonds. The summed E-state index contributed by atoms with van der Waals surface area (Å²) in [5.41, 5.74) is 3.54. The quantitative estimate of drug-likeness (QED) is 0.241. The molecule has 7 nitrogen and oxygen atoms in total. The maximum absolute atomic E-state index is 11.9. The van der Waals surface area contributed by atoms with Gasteiger partial charge in [0.1, 0.15) is 5.69 Å². The Morgan fingerprint density at radius 3 is 2.44 bits per heavy atom. The second-order valence-corrected chi connectivity index (χ2v) is 9.34. The number of hydrogen-bond donors (Lipinski definition) is 4. The minimum Gasteiger partial charge on any atom is -0.478 e. The summed E-state index contributed by atoms with van der Waals surface area (Å²) in [6.45, 7) is 2.64. The Balaban J connectivity index is 1.49. The highest BCUT2D eigenvalue weighted by atomic mass is 35.5. The Labute approximate surface area is 213 Å². The van der Waals surface area contributed by atoms with E-state index in [2.05, 4.69) is 5.32 Å². The minimum atomic E-state index is -1.05. The van der Waals surface area contributed by atoms with Gasteiger partial charge in [0.2, 0.25) is 0 Å². The number of aliphatic hydroxyl groups is 1. The van der Waals surface area contributed by atoms with Gasteiger partial charge in [-0.05, 0) is 72.5 Å². The smallest absolute Gasteiger partial charge is 0.352 e. The lowest BCUT2D eigenvalue weighted by molar-refractivity contribution is 0.0678. The van der Waals surface area contributed by atoms with Gasteiger partial charge in [0.15, 0.2) is 0 Å². The van der Waals surface area contributed by atoms with E-state index in [9.17, 15) is 24.9 Å². The van der Waals surface area contributed by atoms with Crippen molar-refractivity contribution in [1.82, 2.24) is 9.88 Å². The summed E-state index contributed by atoms with van der Waals surface area (Å²) in [5, 5.41) is 34.2. The number of carbonyl (C=O) groups is 2. The van der Waals surface area contributed by atoms with E-state index in [1.165, 1.54) is 6.07 Å². The van der Waals surface area contributed by atoms with Crippen LogP contribution in [0.2, 0.25) is 5.02 Å². The number of nitrogens with one attached hydrogen (secondary N) is 1. The van der Waals surface area contributed by atoms with Crippen LogP contribution in [0.4, 0.5) is 0 Å². The topological polar surface area (TPSA) is 112 Å². The summed E-state index contributed by atoms with van der Waals surface area (Å²) in [4.78, 5) is 23.3. The van der Waals surface area contributed by atoms with Crippen LogP contribution >= 0.6 is 11.6 Å². The van der Waals surface area contributed by atoms with Crippen LogP contribution in [0.3, 0.4) is 0 Å². The summed E-state index contributed by atoms with van der Waals surface area (Å²) in [5.74, 6) is -2.08. The van der Waals surface area contributed by atoms with Crippen molar-refractivity contribution >= 4 is 34.4 Å². The molecule has 4 aromatic rings. The van der Waals surface area contributed by atoms with Crippen molar-refractivity contribution < 1.29 is 24.9 Å². The summed E-state index contributed by atoms with van der Waals surface area (Å²) >= 11 is 6.01. The third-order valence-corrected chi connectivity index (χ3v) is 6.37. The number of benzene rings is 3. The first-order chi connectivity index (χ1) is 17.2. The molecule has 0 radical (unpaired) electrons. The number of fused-ring (bicyclic) bond motifs is 1. The molecule has 1 aromatic heterocycles. The molecule has 186 valence electrons. The molecule has 0 saturated carbocycles. The zero-order valence-electron chi connectivity index (χ0n) is 19.7. The Morgan fingerprint density at radius 1 is 0.944 bits per heavy atom. The molecule has 0 aliphatic carbocycles. The van der Waals surface area contributed by atoms with Gasteiger partial charge in [-0.2, -0.15) is 0 Å². The molecule has 1 heterocycles. The number of rotatable bonds is 10. The number of halogens is 1. The van der Waals surface area contributed by atoms with Crippen molar-refractivity contribution in [3.8, 4) is 0 Å². The summed E-state index contributed by atoms with van der Waals surface area (Å²) in [6.07, 6.45) is 0.00678. The van der Waals surface area contributed by atoms with E-state index in [0.29, 0.717) is 23.6 Å². The Hall–Kier alpha value is -3.65. The number of hydrogen-bond acceptors (Lipinski definition) is 4. The van der Waals surface area contributed by atoms with E-state index in [4.69, 9.17) is 11.6 Å². The Bertz CT molecular complexity index is 1410. The molecule has 36 heavy (non-hydrogen) atoms. The van der Waals surface area contributed by atoms with Crippen LogP contribution in [0.25, 0.3) is 10.9 Å². The molecule has 0 saturated heterocycles. The molecule has 0 spiro atoms. The van der Waals surface area contributed by atoms with Crippen LogP contribution in [0.15, 0.2) is 72.8 Å². The van der Waals surface area contributed by atoms with E-state index in [1.54, 1.807) is 47.0 Å². The van der Waals surface area contributed by atoms with Crippen LogP contribution in [0.1, 0.15) is 50.6 Å². The van der Waals surface area contributed by atoms with Crippen molar-refractivity contribution in [1.29, 1.82) is 0 Å². The van der Waals surface area contributed by atoms with Crippen molar-refractivity contribution in [2.45, 2.75) is 32.0 Å². The van der Waals surface area contributed by atoms with Crippen LogP contribution in [0.5, 0.6) is 0 Å². The van der Waals surface area contributed by atoms with E-state index in [-0.39, 0.29) is 23.8 Å². The van der Waals surface area contributed by atoms with Crippen LogP contribution in [0, 0.1) is 0 Å². The molecule has 0 bridgehead atoms. The van der Waals surface area contributed by atoms with E-state index in [0.717, 1.165) is 22.0 Å². The summed E-state index contributed by atoms with van der Waals surface area (Å²) < 4.78 is 1.69. The average molecular weight is 507 g/mol. The number of carboxylic acid groups (broad SMARTS) is 2. The fourth-order valence-corrected chi connectivity index (χ4v) is 4.55. The molecule has 0 unspecified atom stereocenters. The van der Waals surface area contributed by atoms with Gasteiger partial charge in [-0.1, -0.05) is 41.9 Å². The molecule has 2 atom stereocenters. The standard InChI is InChI=1S/C28H27ClN2O5/c1-17(30-15-26(32)20-5-3-7-23(29)13-20)10-18-8-9-24-22(11-18)14-25(28(35)36)31(24)16-19-4-2-6-21(12-19)27(33)34/h2-9,11-14,17,26,30,32H,10,15-16H2,1H3,(H,33,34)(H,35,36)/t17-,26-/m1/s1. The van der Waals surface area contributed by atoms with Crippen LogP contribution in [-0.4, -0.2) is 44.4 Å². The molecular weight excluding hydrogens is 480 g/mol. The van der Waals surface area contributed by atoms with E-state index < -0.39 is 18.0 Å². The predicted octanol–water partition coefficient (Wildman–Crippen LogP) is 4.99. The maximum atomic E-state index is 11.9. The van der Waals surface area contributed by atoms with Crippen molar-refractivity contribution in [3.63, 3.8) is 0 Å². The van der Waals surface area contributed by atoms with Gasteiger partial charge < -0.3 is 25.2 Å². The lowest BCUT2D eigenvalue weighted by atomic mass is 10.0. The molecule has 0 fully saturated rings. The maximum Gasteiger partial charge on any atom is 0.352 e. The fraction of sp³-hybridized carbons (Fsp3) is 0.214. The first kappa shape index (κ1) is 25.4. The zero-order chi connectivity index (χ0) is 25.8. The van der Waals surface area contributed by atoms with Gasteiger partial charge in [-0.15, -0.1) is 0 Å². The first-order valence-electron chi connectivity index (χ1n) is 11.6. The van der Waals surface area contributed by atoms with Crippen molar-refractivity contribution in [3.05, 3.63) is 106 Å². The highest BCUT2D eigenvalue weighted by Crippen LogP contribution is 2.24. The molecule has 8 heteroatoms. The zero-order valence-corrected chi connectivity index (χ0v) is 20.4. The molecule has 0 aliphatic rings. The van der Waals surface area contributed by atoms with E-state index >= 15 is 0 Å². The van der Waals surface area contributed by atoms with Crippen molar-refractivity contribution in [2.24, 2.45) is 0 Å². The largest absolute Gasteiger partial charge is 0.478 e. The minimum absolute atomic E-state index is 0.0658.